The number of hydrogen-bond donors (Lipinski definition) is 1. The van der Waals surface area contributed by atoms with Crippen LogP contribution in [-0.2, 0) is 4.74 Å². The minimum Gasteiger partial charge on any atom is -0.377 e. The van der Waals surface area contributed by atoms with E-state index in [1.54, 1.807) is 0 Å². The molecule has 1 atom stereocenters. The van der Waals surface area contributed by atoms with Crippen LogP contribution in [0.25, 0.3) is 0 Å². The molecule has 0 saturated carbocycles. The second kappa shape index (κ2) is 8.25. The molecule has 1 saturated heterocycles. The predicted octanol–water partition coefficient (Wildman–Crippen LogP) is 3.46. The van der Waals surface area contributed by atoms with E-state index in [1.165, 1.54) is 36.4 Å². The molecular formula is C18H28N2OS. The van der Waals surface area contributed by atoms with E-state index in [9.17, 15) is 0 Å². The van der Waals surface area contributed by atoms with E-state index in [1.807, 2.05) is 11.3 Å². The summed E-state index contributed by atoms with van der Waals surface area (Å²) in [4.78, 5) is 4.17. The molecule has 3 rings (SSSR count). The highest BCUT2D eigenvalue weighted by Gasteiger charge is 2.25. The molecule has 0 unspecified atom stereocenters. The van der Waals surface area contributed by atoms with Gasteiger partial charge in [0.2, 0.25) is 0 Å². The molecule has 2 aliphatic rings. The van der Waals surface area contributed by atoms with Gasteiger partial charge in [0, 0.05) is 18.0 Å². The predicted molar refractivity (Wildman–Crippen MR) is 93.4 cm³/mol. The standard InChI is InChI=1S/C18H28N2OS/c1-15-6-8-20(9-7-15)17(18-5-3-11-22-18)13-19-12-16-4-2-10-21-14-16/h3-5,11,15,17,19H,2,6-10,12-14H2,1H3/t17-/m0/s1. The minimum atomic E-state index is 0.526. The van der Waals surface area contributed by atoms with Crippen LogP contribution in [0.2, 0.25) is 0 Å². The molecule has 0 bridgehead atoms. The van der Waals surface area contributed by atoms with Crippen molar-refractivity contribution in [2.75, 3.05) is 39.4 Å². The lowest BCUT2D eigenvalue weighted by Crippen LogP contribution is -2.40. The van der Waals surface area contributed by atoms with E-state index in [-0.39, 0.29) is 0 Å². The Morgan fingerprint density at radius 3 is 2.95 bits per heavy atom. The van der Waals surface area contributed by atoms with Gasteiger partial charge in [0.05, 0.1) is 19.3 Å². The van der Waals surface area contributed by atoms with Crippen LogP contribution in [0.1, 0.15) is 37.1 Å². The zero-order valence-corrected chi connectivity index (χ0v) is 14.4. The highest BCUT2D eigenvalue weighted by Crippen LogP contribution is 2.29. The molecule has 1 aromatic heterocycles. The first kappa shape index (κ1) is 16.2. The first-order valence-corrected chi connectivity index (χ1v) is 9.44. The van der Waals surface area contributed by atoms with Gasteiger partial charge in [-0.25, -0.2) is 0 Å². The number of hydrogen-bond acceptors (Lipinski definition) is 4. The average molecular weight is 321 g/mol. The van der Waals surface area contributed by atoms with Crippen LogP contribution in [0.3, 0.4) is 0 Å². The number of rotatable bonds is 6. The van der Waals surface area contributed by atoms with E-state index in [0.29, 0.717) is 6.04 Å². The minimum absolute atomic E-state index is 0.526. The summed E-state index contributed by atoms with van der Waals surface area (Å²) in [5, 5.41) is 5.87. The van der Waals surface area contributed by atoms with Crippen molar-refractivity contribution in [1.82, 2.24) is 10.2 Å². The maximum Gasteiger partial charge on any atom is 0.0689 e. The van der Waals surface area contributed by atoms with Crippen molar-refractivity contribution in [2.45, 2.75) is 32.2 Å². The van der Waals surface area contributed by atoms with Crippen LogP contribution < -0.4 is 5.32 Å². The van der Waals surface area contributed by atoms with Crippen molar-refractivity contribution in [3.8, 4) is 0 Å². The van der Waals surface area contributed by atoms with Crippen LogP contribution in [0.5, 0.6) is 0 Å². The second-order valence-electron chi connectivity index (χ2n) is 6.58. The Morgan fingerprint density at radius 2 is 2.27 bits per heavy atom. The number of piperidine rings is 1. The summed E-state index contributed by atoms with van der Waals surface area (Å²) >= 11 is 1.89. The normalized spacial score (nSPS) is 22.5. The largest absolute Gasteiger partial charge is 0.377 e. The van der Waals surface area contributed by atoms with Crippen LogP contribution in [0, 0.1) is 5.92 Å². The molecule has 122 valence electrons. The fourth-order valence-electron chi connectivity index (χ4n) is 3.33. The van der Waals surface area contributed by atoms with E-state index in [2.05, 4.69) is 40.7 Å². The number of nitrogens with one attached hydrogen (secondary N) is 1. The first-order chi connectivity index (χ1) is 10.8. The molecule has 0 spiro atoms. The van der Waals surface area contributed by atoms with Crippen molar-refractivity contribution >= 4 is 11.3 Å². The summed E-state index contributed by atoms with van der Waals surface area (Å²) in [6, 6.07) is 4.99. The van der Waals surface area contributed by atoms with E-state index in [4.69, 9.17) is 4.74 Å². The summed E-state index contributed by atoms with van der Waals surface area (Å²) in [6.07, 6.45) is 6.07. The van der Waals surface area contributed by atoms with Gasteiger partial charge in [-0.05, 0) is 55.3 Å². The van der Waals surface area contributed by atoms with Crippen LogP contribution in [0.15, 0.2) is 29.2 Å². The lowest BCUT2D eigenvalue weighted by Gasteiger charge is -2.36. The average Bonchev–Trinajstić information content (AvgIpc) is 3.08. The van der Waals surface area contributed by atoms with Crippen LogP contribution in [-0.4, -0.2) is 44.3 Å². The third-order valence-electron chi connectivity index (χ3n) is 4.80. The second-order valence-corrected chi connectivity index (χ2v) is 7.56. The maximum atomic E-state index is 5.52. The Kier molecular flexibility index (Phi) is 6.07. The lowest BCUT2D eigenvalue weighted by atomic mass is 9.97. The molecule has 3 heterocycles. The zero-order valence-electron chi connectivity index (χ0n) is 13.6. The number of likely N-dealkylation sites (tertiary alicyclic amines) is 1. The van der Waals surface area contributed by atoms with E-state index < -0.39 is 0 Å². The van der Waals surface area contributed by atoms with Crippen LogP contribution >= 0.6 is 11.3 Å². The summed E-state index contributed by atoms with van der Waals surface area (Å²) < 4.78 is 5.52. The summed E-state index contributed by atoms with van der Waals surface area (Å²) in [7, 11) is 0. The first-order valence-electron chi connectivity index (χ1n) is 8.57. The maximum absolute atomic E-state index is 5.52. The van der Waals surface area contributed by atoms with Crippen molar-refractivity contribution in [3.05, 3.63) is 34.0 Å². The van der Waals surface area contributed by atoms with Crippen molar-refractivity contribution in [1.29, 1.82) is 0 Å². The van der Waals surface area contributed by atoms with Crippen molar-refractivity contribution in [2.24, 2.45) is 5.92 Å². The van der Waals surface area contributed by atoms with Gasteiger partial charge in [-0.1, -0.05) is 19.1 Å². The molecule has 1 aromatic rings. The molecule has 1 fully saturated rings. The van der Waals surface area contributed by atoms with E-state index >= 15 is 0 Å². The molecule has 0 aliphatic carbocycles. The molecule has 4 heteroatoms. The molecule has 0 amide bonds. The summed E-state index contributed by atoms with van der Waals surface area (Å²) in [5.74, 6) is 0.887. The van der Waals surface area contributed by atoms with Crippen molar-refractivity contribution < 1.29 is 4.74 Å². The fraction of sp³-hybridized carbons (Fsp3) is 0.667. The Balaban J connectivity index is 1.56. The molecule has 22 heavy (non-hydrogen) atoms. The molecule has 0 aromatic carbocycles. The summed E-state index contributed by atoms with van der Waals surface area (Å²) in [6.45, 7) is 8.53. The van der Waals surface area contributed by atoms with Crippen LogP contribution in [0.4, 0.5) is 0 Å². The lowest BCUT2D eigenvalue weighted by molar-refractivity contribution is 0.135. The molecule has 0 radical (unpaired) electrons. The van der Waals surface area contributed by atoms with Crippen molar-refractivity contribution in [3.63, 3.8) is 0 Å². The van der Waals surface area contributed by atoms with Gasteiger partial charge >= 0.3 is 0 Å². The van der Waals surface area contributed by atoms with Gasteiger partial charge in [0.25, 0.3) is 0 Å². The fourth-order valence-corrected chi connectivity index (χ4v) is 4.19. The Hall–Kier alpha value is -0.680. The molecular weight excluding hydrogens is 292 g/mol. The highest BCUT2D eigenvalue weighted by molar-refractivity contribution is 7.10. The van der Waals surface area contributed by atoms with E-state index in [0.717, 1.165) is 38.6 Å². The third-order valence-corrected chi connectivity index (χ3v) is 5.78. The van der Waals surface area contributed by atoms with Gasteiger partial charge < -0.3 is 10.1 Å². The van der Waals surface area contributed by atoms with Gasteiger partial charge in [-0.2, -0.15) is 0 Å². The number of thiophene rings is 1. The third kappa shape index (κ3) is 4.42. The number of ether oxygens (including phenoxy) is 1. The SMILES string of the molecule is CC1CCN([C@@H](CNCC2=CCCOC2)c2cccs2)CC1. The molecule has 1 N–H and O–H groups in total. The van der Waals surface area contributed by atoms with Gasteiger partial charge in [-0.15, -0.1) is 11.3 Å². The van der Waals surface area contributed by atoms with Gasteiger partial charge in [0.1, 0.15) is 0 Å². The zero-order chi connectivity index (χ0) is 15.2. The molecule has 2 aliphatic heterocycles. The number of nitrogens with zero attached hydrogens (tertiary/aromatic N) is 1. The molecule has 3 nitrogen and oxygen atoms in total. The quantitative estimate of drug-likeness (QED) is 0.813. The summed E-state index contributed by atoms with van der Waals surface area (Å²) in [5.41, 5.74) is 1.41. The highest BCUT2D eigenvalue weighted by atomic mass is 32.1. The monoisotopic (exact) mass is 320 g/mol. The van der Waals surface area contributed by atoms with Gasteiger partial charge in [0.15, 0.2) is 0 Å². The Bertz CT molecular complexity index is 463. The Morgan fingerprint density at radius 1 is 1.41 bits per heavy atom. The smallest absolute Gasteiger partial charge is 0.0689 e. The van der Waals surface area contributed by atoms with Gasteiger partial charge in [-0.3, -0.25) is 4.90 Å². The Labute approximate surface area is 138 Å². The topological polar surface area (TPSA) is 24.5 Å².